The Morgan fingerprint density at radius 2 is 1.82 bits per heavy atom. The highest BCUT2D eigenvalue weighted by molar-refractivity contribution is 5.60. The maximum Gasteiger partial charge on any atom is 0.163 e. The van der Waals surface area contributed by atoms with E-state index in [0.717, 1.165) is 42.1 Å². The molecule has 0 aliphatic carbocycles. The molecule has 3 aromatic rings. The summed E-state index contributed by atoms with van der Waals surface area (Å²) in [5, 5.41) is 7.11. The molecular weight excluding hydrogens is 348 g/mol. The molecule has 6 heteroatoms. The first-order chi connectivity index (χ1) is 13.5. The van der Waals surface area contributed by atoms with Crippen LogP contribution in [0.5, 0.6) is 0 Å². The highest BCUT2D eigenvalue weighted by Gasteiger charge is 2.25. The summed E-state index contributed by atoms with van der Waals surface area (Å²) in [5.41, 5.74) is 4.45. The van der Waals surface area contributed by atoms with Gasteiger partial charge in [0.25, 0.3) is 0 Å². The minimum atomic E-state index is 0.120. The second-order valence-corrected chi connectivity index (χ2v) is 8.41. The Bertz CT molecular complexity index is 934. The average molecular weight is 374 g/mol. The minimum Gasteiger partial charge on any atom is -0.363 e. The van der Waals surface area contributed by atoms with Crippen molar-refractivity contribution < 1.29 is 0 Å². The lowest BCUT2D eigenvalue weighted by Gasteiger charge is -2.28. The van der Waals surface area contributed by atoms with Crippen LogP contribution in [0.1, 0.15) is 50.1 Å². The molecular formula is C22H26N6. The quantitative estimate of drug-likeness (QED) is 0.699. The second-order valence-electron chi connectivity index (χ2n) is 8.41. The molecule has 0 saturated carbocycles. The van der Waals surface area contributed by atoms with Crippen LogP contribution < -0.4 is 10.6 Å². The van der Waals surface area contributed by atoms with E-state index in [1.165, 1.54) is 5.56 Å². The first-order valence-corrected chi connectivity index (χ1v) is 9.67. The van der Waals surface area contributed by atoms with Crippen LogP contribution in [0, 0.1) is 5.41 Å². The number of nitrogens with zero attached hydrogens (tertiary/aromatic N) is 4. The molecule has 6 nitrogen and oxygen atoms in total. The lowest BCUT2D eigenvalue weighted by Crippen LogP contribution is -2.20. The Hall–Kier alpha value is -2.86. The fourth-order valence-corrected chi connectivity index (χ4v) is 3.52. The third-order valence-corrected chi connectivity index (χ3v) is 4.82. The number of hydrogen-bond donors (Lipinski definition) is 2. The Morgan fingerprint density at radius 1 is 1.04 bits per heavy atom. The van der Waals surface area contributed by atoms with E-state index in [2.05, 4.69) is 47.4 Å². The Balaban J connectivity index is 1.73. The van der Waals surface area contributed by atoms with Crippen molar-refractivity contribution in [2.45, 2.75) is 46.3 Å². The average Bonchev–Trinajstić information content (AvgIpc) is 3.17. The molecule has 3 aromatic heterocycles. The van der Waals surface area contributed by atoms with Gasteiger partial charge in [0.2, 0.25) is 0 Å². The zero-order chi connectivity index (χ0) is 19.6. The van der Waals surface area contributed by atoms with E-state index in [9.17, 15) is 0 Å². The van der Waals surface area contributed by atoms with Crippen LogP contribution in [0.4, 0.5) is 5.82 Å². The maximum atomic E-state index is 4.89. The Kier molecular flexibility index (Phi) is 5.05. The Labute approximate surface area is 165 Å². The number of hydrogen-bond acceptors (Lipinski definition) is 6. The molecule has 0 amide bonds. The molecule has 0 radical (unpaired) electrons. The van der Waals surface area contributed by atoms with Crippen molar-refractivity contribution in [1.82, 2.24) is 25.3 Å². The van der Waals surface area contributed by atoms with E-state index in [1.54, 1.807) is 6.20 Å². The fourth-order valence-electron chi connectivity index (χ4n) is 3.52. The van der Waals surface area contributed by atoms with Crippen molar-refractivity contribution in [2.24, 2.45) is 5.41 Å². The number of anilines is 1. The summed E-state index contributed by atoms with van der Waals surface area (Å²) >= 11 is 0. The van der Waals surface area contributed by atoms with E-state index in [1.807, 2.05) is 36.8 Å². The standard InChI is InChI=1S/C22H26N6/c1-22(2,3)10-18(15-6-4-8-23-11-15)26-21-17-13-25-14-19(17)27-20(28-21)16-7-5-9-24-12-16/h4-9,11-12,18,25H,10,13-14H2,1-3H3,(H,26,27,28)/t18-/m0/s1. The number of pyridine rings is 2. The molecule has 0 fully saturated rings. The highest BCUT2D eigenvalue weighted by Crippen LogP contribution is 2.34. The minimum absolute atomic E-state index is 0.120. The molecule has 0 spiro atoms. The SMILES string of the molecule is CC(C)(C)C[C@H](Nc1nc(-c2cccnc2)nc2c1CNC2)c1cccnc1. The van der Waals surface area contributed by atoms with Gasteiger partial charge >= 0.3 is 0 Å². The molecule has 28 heavy (non-hydrogen) atoms. The summed E-state index contributed by atoms with van der Waals surface area (Å²) in [6.45, 7) is 8.30. The molecule has 4 rings (SSSR count). The number of fused-ring (bicyclic) bond motifs is 1. The molecule has 1 atom stereocenters. The summed E-state index contributed by atoms with van der Waals surface area (Å²) in [6, 6.07) is 8.14. The van der Waals surface area contributed by atoms with E-state index in [0.29, 0.717) is 5.82 Å². The van der Waals surface area contributed by atoms with Crippen LogP contribution in [0.15, 0.2) is 49.1 Å². The topological polar surface area (TPSA) is 75.6 Å². The monoisotopic (exact) mass is 374 g/mol. The van der Waals surface area contributed by atoms with E-state index in [4.69, 9.17) is 9.97 Å². The van der Waals surface area contributed by atoms with Crippen molar-refractivity contribution in [3.05, 3.63) is 65.9 Å². The lowest BCUT2D eigenvalue weighted by molar-refractivity contribution is 0.352. The van der Waals surface area contributed by atoms with Gasteiger partial charge in [-0.3, -0.25) is 9.97 Å². The highest BCUT2D eigenvalue weighted by atomic mass is 15.1. The molecule has 144 valence electrons. The van der Waals surface area contributed by atoms with Crippen molar-refractivity contribution >= 4 is 5.82 Å². The summed E-state index contributed by atoms with van der Waals surface area (Å²) in [6.07, 6.45) is 8.28. The van der Waals surface area contributed by atoms with Crippen molar-refractivity contribution in [2.75, 3.05) is 5.32 Å². The number of rotatable bonds is 5. The van der Waals surface area contributed by atoms with Crippen LogP contribution in [0.3, 0.4) is 0 Å². The van der Waals surface area contributed by atoms with E-state index in [-0.39, 0.29) is 11.5 Å². The molecule has 1 aliphatic heterocycles. The summed E-state index contributed by atoms with van der Waals surface area (Å²) < 4.78 is 0. The lowest BCUT2D eigenvalue weighted by atomic mass is 9.86. The van der Waals surface area contributed by atoms with Gasteiger partial charge in [-0.2, -0.15) is 0 Å². The summed E-state index contributed by atoms with van der Waals surface area (Å²) in [7, 11) is 0. The van der Waals surface area contributed by atoms with Gasteiger partial charge in [-0.1, -0.05) is 26.8 Å². The largest absolute Gasteiger partial charge is 0.363 e. The van der Waals surface area contributed by atoms with Crippen LogP contribution >= 0.6 is 0 Å². The van der Waals surface area contributed by atoms with Gasteiger partial charge in [0.15, 0.2) is 5.82 Å². The van der Waals surface area contributed by atoms with Gasteiger partial charge in [0.1, 0.15) is 5.82 Å². The van der Waals surface area contributed by atoms with Gasteiger partial charge in [-0.05, 0) is 35.6 Å². The van der Waals surface area contributed by atoms with Crippen molar-refractivity contribution in [3.63, 3.8) is 0 Å². The maximum absolute atomic E-state index is 4.89. The summed E-state index contributed by atoms with van der Waals surface area (Å²) in [5.74, 6) is 1.60. The van der Waals surface area contributed by atoms with Crippen molar-refractivity contribution in [3.8, 4) is 11.4 Å². The van der Waals surface area contributed by atoms with E-state index < -0.39 is 0 Å². The second kappa shape index (κ2) is 7.64. The molecule has 0 unspecified atom stereocenters. The van der Waals surface area contributed by atoms with Crippen LogP contribution in [-0.4, -0.2) is 19.9 Å². The van der Waals surface area contributed by atoms with Gasteiger partial charge in [0.05, 0.1) is 11.7 Å². The number of aromatic nitrogens is 4. The van der Waals surface area contributed by atoms with Gasteiger partial charge in [0, 0.05) is 49.0 Å². The molecule has 4 heterocycles. The zero-order valence-electron chi connectivity index (χ0n) is 16.6. The smallest absolute Gasteiger partial charge is 0.163 e. The molecule has 0 aromatic carbocycles. The normalized spacial score (nSPS) is 14.5. The molecule has 0 bridgehead atoms. The molecule has 1 aliphatic rings. The van der Waals surface area contributed by atoms with Crippen LogP contribution in [0.2, 0.25) is 0 Å². The molecule has 2 N–H and O–H groups in total. The van der Waals surface area contributed by atoms with Crippen molar-refractivity contribution in [1.29, 1.82) is 0 Å². The molecule has 0 saturated heterocycles. The van der Waals surface area contributed by atoms with Crippen LogP contribution in [0.25, 0.3) is 11.4 Å². The van der Waals surface area contributed by atoms with Gasteiger partial charge in [-0.25, -0.2) is 9.97 Å². The van der Waals surface area contributed by atoms with Crippen LogP contribution in [-0.2, 0) is 13.1 Å². The third kappa shape index (κ3) is 4.17. The first-order valence-electron chi connectivity index (χ1n) is 9.67. The van der Waals surface area contributed by atoms with Gasteiger partial charge in [-0.15, -0.1) is 0 Å². The van der Waals surface area contributed by atoms with Gasteiger partial charge < -0.3 is 10.6 Å². The number of nitrogens with one attached hydrogen (secondary N) is 2. The first kappa shape index (κ1) is 18.5. The predicted molar refractivity (Wildman–Crippen MR) is 110 cm³/mol. The summed E-state index contributed by atoms with van der Waals surface area (Å²) in [4.78, 5) is 18.2. The Morgan fingerprint density at radius 3 is 2.50 bits per heavy atom. The fraction of sp³-hybridized carbons (Fsp3) is 0.364. The predicted octanol–water partition coefficient (Wildman–Crippen LogP) is 4.13. The third-order valence-electron chi connectivity index (χ3n) is 4.82. The van der Waals surface area contributed by atoms with E-state index >= 15 is 0 Å². The zero-order valence-corrected chi connectivity index (χ0v) is 16.6.